The molecule has 0 spiro atoms. The topological polar surface area (TPSA) is 30.0 Å². The van der Waals surface area contributed by atoms with Crippen LogP contribution in [0.25, 0.3) is 11.1 Å². The second-order valence-electron chi connectivity index (χ2n) is 4.44. The molecule has 3 heteroatoms. The number of halogens is 1. The first-order chi connectivity index (χ1) is 8.33. The molecule has 1 heterocycles. The predicted molar refractivity (Wildman–Crippen MR) is 74.0 cm³/mol. The first-order valence-corrected chi connectivity index (χ1v) is 5.87. The van der Waals surface area contributed by atoms with Gasteiger partial charge in [-0.25, -0.2) is 0 Å². The smallest absolute Gasteiger partial charge is 0.137 e. The molecule has 0 N–H and O–H groups in total. The van der Waals surface area contributed by atoms with E-state index >= 15 is 0 Å². The number of ketones is 1. The molecule has 2 nitrogen and oxygen atoms in total. The summed E-state index contributed by atoms with van der Waals surface area (Å²) in [6.07, 6.45) is 5.81. The van der Waals surface area contributed by atoms with Crippen molar-refractivity contribution in [2.45, 2.75) is 19.3 Å². The number of benzene rings is 1. The third kappa shape index (κ3) is 2.44. The van der Waals surface area contributed by atoms with E-state index in [1.807, 2.05) is 12.3 Å². The number of aromatic nitrogens is 1. The van der Waals surface area contributed by atoms with Crippen molar-refractivity contribution in [3.8, 4) is 11.1 Å². The van der Waals surface area contributed by atoms with E-state index in [9.17, 15) is 4.79 Å². The largest absolute Gasteiger partial charge is 0.299 e. The number of carbonyl (C=O) groups excluding carboxylic acids is 1. The van der Waals surface area contributed by atoms with Crippen LogP contribution < -0.4 is 0 Å². The van der Waals surface area contributed by atoms with Gasteiger partial charge in [0.1, 0.15) is 5.78 Å². The molecule has 1 aromatic carbocycles. The summed E-state index contributed by atoms with van der Waals surface area (Å²) in [5, 5.41) is 0. The standard InChI is InChI=1S/C15H13NO.ClH/c17-15-6-5-11-8-12(3-4-13(11)9-15)14-2-1-7-16-10-14;/h1-4,7-8,10H,5-6,9H2;1H. The van der Waals surface area contributed by atoms with Gasteiger partial charge >= 0.3 is 0 Å². The van der Waals surface area contributed by atoms with E-state index in [0.29, 0.717) is 18.6 Å². The summed E-state index contributed by atoms with van der Waals surface area (Å²) >= 11 is 0. The van der Waals surface area contributed by atoms with E-state index in [1.165, 1.54) is 16.7 Å². The summed E-state index contributed by atoms with van der Waals surface area (Å²) in [5.41, 5.74) is 4.82. The molecule has 0 amide bonds. The lowest BCUT2D eigenvalue weighted by atomic mass is 9.88. The highest BCUT2D eigenvalue weighted by Gasteiger charge is 2.15. The van der Waals surface area contributed by atoms with Gasteiger partial charge in [-0.15, -0.1) is 12.4 Å². The Morgan fingerprint density at radius 3 is 2.67 bits per heavy atom. The van der Waals surface area contributed by atoms with Crippen LogP contribution in [-0.4, -0.2) is 10.8 Å². The van der Waals surface area contributed by atoms with Gasteiger partial charge in [-0.3, -0.25) is 9.78 Å². The zero-order chi connectivity index (χ0) is 11.7. The van der Waals surface area contributed by atoms with Crippen molar-refractivity contribution in [2.75, 3.05) is 0 Å². The fraction of sp³-hybridized carbons (Fsp3) is 0.200. The molecule has 0 aliphatic heterocycles. The molecular formula is C15H14ClNO. The lowest BCUT2D eigenvalue weighted by Gasteiger charge is -2.15. The summed E-state index contributed by atoms with van der Waals surface area (Å²) < 4.78 is 0. The van der Waals surface area contributed by atoms with Gasteiger partial charge in [-0.1, -0.05) is 24.3 Å². The average Bonchev–Trinajstić information content (AvgIpc) is 2.39. The maximum atomic E-state index is 11.4. The first kappa shape index (κ1) is 12.8. The molecule has 0 saturated heterocycles. The number of aryl methyl sites for hydroxylation is 1. The van der Waals surface area contributed by atoms with Crippen molar-refractivity contribution in [1.29, 1.82) is 0 Å². The van der Waals surface area contributed by atoms with Crippen LogP contribution in [0.4, 0.5) is 0 Å². The van der Waals surface area contributed by atoms with E-state index < -0.39 is 0 Å². The van der Waals surface area contributed by atoms with Crippen LogP contribution in [0.3, 0.4) is 0 Å². The van der Waals surface area contributed by atoms with Gasteiger partial charge in [-0.05, 0) is 34.7 Å². The summed E-state index contributed by atoms with van der Waals surface area (Å²) in [7, 11) is 0. The molecule has 92 valence electrons. The summed E-state index contributed by atoms with van der Waals surface area (Å²) in [4.78, 5) is 15.5. The Balaban J connectivity index is 0.00000120. The molecular weight excluding hydrogens is 246 g/mol. The molecule has 0 atom stereocenters. The number of rotatable bonds is 1. The molecule has 1 aliphatic rings. The minimum Gasteiger partial charge on any atom is -0.299 e. The Bertz CT molecular complexity index is 566. The zero-order valence-electron chi connectivity index (χ0n) is 9.93. The second kappa shape index (κ2) is 5.32. The maximum Gasteiger partial charge on any atom is 0.137 e. The fourth-order valence-electron chi connectivity index (χ4n) is 2.32. The molecule has 1 aliphatic carbocycles. The van der Waals surface area contributed by atoms with Crippen LogP contribution in [0.15, 0.2) is 42.7 Å². The average molecular weight is 260 g/mol. The molecule has 0 unspecified atom stereocenters. The number of pyridine rings is 1. The Kier molecular flexibility index (Phi) is 3.78. The molecule has 0 saturated carbocycles. The van der Waals surface area contributed by atoms with Crippen molar-refractivity contribution in [2.24, 2.45) is 0 Å². The van der Waals surface area contributed by atoms with Gasteiger partial charge in [0.15, 0.2) is 0 Å². The highest BCUT2D eigenvalue weighted by molar-refractivity contribution is 5.85. The minimum atomic E-state index is 0. The number of nitrogens with zero attached hydrogens (tertiary/aromatic N) is 1. The van der Waals surface area contributed by atoms with Gasteiger partial charge in [-0.2, -0.15) is 0 Å². The molecule has 3 rings (SSSR count). The van der Waals surface area contributed by atoms with Crippen LogP contribution in [0.5, 0.6) is 0 Å². The lowest BCUT2D eigenvalue weighted by molar-refractivity contribution is -0.118. The number of Topliss-reactive ketones (excluding diaryl/α,β-unsaturated/α-hetero) is 1. The SMILES string of the molecule is Cl.O=C1CCc2cc(-c3cccnc3)ccc2C1. The van der Waals surface area contributed by atoms with E-state index in [-0.39, 0.29) is 12.4 Å². The number of fused-ring (bicyclic) bond motifs is 1. The third-order valence-corrected chi connectivity index (χ3v) is 3.26. The van der Waals surface area contributed by atoms with Crippen LogP contribution in [0.2, 0.25) is 0 Å². The van der Waals surface area contributed by atoms with E-state index in [4.69, 9.17) is 0 Å². The number of hydrogen-bond donors (Lipinski definition) is 0. The Labute approximate surface area is 112 Å². The van der Waals surface area contributed by atoms with Gasteiger partial charge in [0.2, 0.25) is 0 Å². The molecule has 18 heavy (non-hydrogen) atoms. The molecule has 0 bridgehead atoms. The van der Waals surface area contributed by atoms with Crippen LogP contribution in [-0.2, 0) is 17.6 Å². The van der Waals surface area contributed by atoms with Crippen LogP contribution in [0.1, 0.15) is 17.5 Å². The van der Waals surface area contributed by atoms with E-state index in [2.05, 4.69) is 29.2 Å². The minimum absolute atomic E-state index is 0. The van der Waals surface area contributed by atoms with Gasteiger partial charge < -0.3 is 0 Å². The zero-order valence-corrected chi connectivity index (χ0v) is 10.7. The first-order valence-electron chi connectivity index (χ1n) is 5.87. The van der Waals surface area contributed by atoms with Crippen molar-refractivity contribution in [3.05, 3.63) is 53.9 Å². The predicted octanol–water partition coefficient (Wildman–Crippen LogP) is 3.23. The van der Waals surface area contributed by atoms with Crippen LogP contribution >= 0.6 is 12.4 Å². The third-order valence-electron chi connectivity index (χ3n) is 3.26. The molecule has 0 radical (unpaired) electrons. The molecule has 2 aromatic rings. The lowest BCUT2D eigenvalue weighted by Crippen LogP contribution is -2.12. The number of hydrogen-bond acceptors (Lipinski definition) is 2. The van der Waals surface area contributed by atoms with E-state index in [0.717, 1.165) is 12.0 Å². The summed E-state index contributed by atoms with van der Waals surface area (Å²) in [6, 6.07) is 10.4. The van der Waals surface area contributed by atoms with Crippen molar-refractivity contribution >= 4 is 18.2 Å². The highest BCUT2D eigenvalue weighted by Crippen LogP contribution is 2.25. The highest BCUT2D eigenvalue weighted by atomic mass is 35.5. The summed E-state index contributed by atoms with van der Waals surface area (Å²) in [6.45, 7) is 0. The van der Waals surface area contributed by atoms with Gasteiger partial charge in [0, 0.05) is 25.2 Å². The van der Waals surface area contributed by atoms with Crippen molar-refractivity contribution in [1.82, 2.24) is 4.98 Å². The molecule has 0 fully saturated rings. The monoisotopic (exact) mass is 259 g/mol. The Morgan fingerprint density at radius 2 is 1.89 bits per heavy atom. The van der Waals surface area contributed by atoms with Crippen molar-refractivity contribution < 1.29 is 4.79 Å². The quantitative estimate of drug-likeness (QED) is 0.787. The van der Waals surface area contributed by atoms with Gasteiger partial charge in [0.05, 0.1) is 0 Å². The van der Waals surface area contributed by atoms with E-state index in [1.54, 1.807) is 6.20 Å². The van der Waals surface area contributed by atoms with Crippen LogP contribution in [0, 0.1) is 0 Å². The Morgan fingerprint density at radius 1 is 1.00 bits per heavy atom. The number of carbonyl (C=O) groups is 1. The summed E-state index contributed by atoms with van der Waals surface area (Å²) in [5.74, 6) is 0.353. The van der Waals surface area contributed by atoms with Gasteiger partial charge in [0.25, 0.3) is 0 Å². The molecule has 1 aromatic heterocycles. The van der Waals surface area contributed by atoms with Crippen molar-refractivity contribution in [3.63, 3.8) is 0 Å². The normalized spacial score (nSPS) is 13.7. The maximum absolute atomic E-state index is 11.4. The second-order valence-corrected chi connectivity index (χ2v) is 4.44. The Hall–Kier alpha value is -1.67. The fourth-order valence-corrected chi connectivity index (χ4v) is 2.32.